The van der Waals surface area contributed by atoms with E-state index in [0.29, 0.717) is 27.1 Å². The fourth-order valence-corrected chi connectivity index (χ4v) is 3.24. The van der Waals surface area contributed by atoms with Crippen LogP contribution in [0, 0.1) is 10.1 Å². The topological polar surface area (TPSA) is 120 Å². The number of rotatable bonds is 6. The summed E-state index contributed by atoms with van der Waals surface area (Å²) < 4.78 is 5.89. The number of nitro benzene ring substituents is 1. The van der Waals surface area contributed by atoms with Crippen molar-refractivity contribution in [2.24, 2.45) is 4.99 Å². The Balaban J connectivity index is 2.14. The molecule has 0 saturated carbocycles. The van der Waals surface area contributed by atoms with Gasteiger partial charge in [0.25, 0.3) is 11.2 Å². The fourth-order valence-electron chi connectivity index (χ4n) is 2.91. The smallest absolute Gasteiger partial charge is 0.311 e. The molecule has 0 aliphatic heterocycles. The molecule has 0 amide bonds. The number of hydrogen-bond acceptors (Lipinski definition) is 6. The highest BCUT2D eigenvalue weighted by atomic mass is 35.5. The molecule has 2 aromatic carbocycles. The number of aromatic nitrogens is 2. The Hall–Kier alpha value is -3.43. The summed E-state index contributed by atoms with van der Waals surface area (Å²) >= 11 is 12.2. The van der Waals surface area contributed by atoms with Crippen molar-refractivity contribution in [1.29, 1.82) is 0 Å². The summed E-state index contributed by atoms with van der Waals surface area (Å²) in [6.45, 7) is 1.60. The minimum atomic E-state index is -0.563. The van der Waals surface area contributed by atoms with Crippen LogP contribution < -0.4 is 5.56 Å². The molecule has 1 aromatic heterocycles. The first-order chi connectivity index (χ1) is 14.7. The van der Waals surface area contributed by atoms with E-state index in [1.165, 1.54) is 36.1 Å². The van der Waals surface area contributed by atoms with E-state index in [1.807, 2.05) is 0 Å². The first kappa shape index (κ1) is 22.3. The first-order valence-corrected chi connectivity index (χ1v) is 9.63. The largest absolute Gasteiger partial charge is 0.469 e. The molecule has 0 aliphatic carbocycles. The fraction of sp³-hybridized carbons (Fsp3) is 0.150. The van der Waals surface area contributed by atoms with Crippen LogP contribution >= 0.6 is 23.2 Å². The molecular formula is C20H16Cl2N4O5. The number of halogens is 2. The predicted molar refractivity (Wildman–Crippen MR) is 117 cm³/mol. The highest BCUT2D eigenvalue weighted by molar-refractivity contribution is 6.35. The number of benzene rings is 2. The number of esters is 1. The summed E-state index contributed by atoms with van der Waals surface area (Å²) in [6.07, 6.45) is -0.211. The third kappa shape index (κ3) is 4.84. The van der Waals surface area contributed by atoms with E-state index in [2.05, 4.69) is 10.1 Å². The maximum absolute atomic E-state index is 13.2. The molecule has 0 bridgehead atoms. The number of non-ortho nitro benzene ring substituents is 1. The van der Waals surface area contributed by atoms with Crippen molar-refractivity contribution in [2.45, 2.75) is 13.3 Å². The number of carbonyl (C=O) groups is 1. The molecule has 0 atom stereocenters. The van der Waals surface area contributed by atoms with E-state index in [-0.39, 0.29) is 23.4 Å². The second-order valence-electron chi connectivity index (χ2n) is 6.43. The maximum Gasteiger partial charge on any atom is 0.311 e. The van der Waals surface area contributed by atoms with Gasteiger partial charge in [0.1, 0.15) is 0 Å². The van der Waals surface area contributed by atoms with Crippen molar-refractivity contribution < 1.29 is 14.5 Å². The quantitative estimate of drug-likeness (QED) is 0.254. The second-order valence-corrected chi connectivity index (χ2v) is 7.27. The number of nitrogens with one attached hydrogen (secondary N) is 1. The Morgan fingerprint density at radius 2 is 1.90 bits per heavy atom. The lowest BCUT2D eigenvalue weighted by Crippen LogP contribution is -2.20. The Morgan fingerprint density at radius 3 is 2.52 bits per heavy atom. The van der Waals surface area contributed by atoms with Gasteiger partial charge in [-0.3, -0.25) is 29.8 Å². The third-order valence-corrected chi connectivity index (χ3v) is 4.95. The van der Waals surface area contributed by atoms with Gasteiger partial charge in [-0.05, 0) is 37.3 Å². The molecule has 1 heterocycles. The van der Waals surface area contributed by atoms with Gasteiger partial charge in [-0.1, -0.05) is 23.2 Å². The first-order valence-electron chi connectivity index (χ1n) is 8.87. The van der Waals surface area contributed by atoms with E-state index < -0.39 is 16.5 Å². The molecular weight excluding hydrogens is 447 g/mol. The zero-order valence-electron chi connectivity index (χ0n) is 16.4. The normalized spacial score (nSPS) is 11.4. The average molecular weight is 463 g/mol. The highest BCUT2D eigenvalue weighted by Crippen LogP contribution is 2.29. The number of nitro groups is 1. The van der Waals surface area contributed by atoms with Gasteiger partial charge in [0.2, 0.25) is 0 Å². The van der Waals surface area contributed by atoms with Crippen LogP contribution in [0.3, 0.4) is 0 Å². The lowest BCUT2D eigenvalue weighted by atomic mass is 10.1. The van der Waals surface area contributed by atoms with Crippen LogP contribution in [0.4, 0.5) is 11.4 Å². The van der Waals surface area contributed by atoms with Crippen molar-refractivity contribution in [3.63, 3.8) is 0 Å². The van der Waals surface area contributed by atoms with Crippen molar-refractivity contribution in [1.82, 2.24) is 9.78 Å². The Kier molecular flexibility index (Phi) is 6.57. The monoisotopic (exact) mass is 462 g/mol. The van der Waals surface area contributed by atoms with Crippen LogP contribution in [-0.4, -0.2) is 33.5 Å². The van der Waals surface area contributed by atoms with E-state index in [1.54, 1.807) is 25.1 Å². The molecule has 160 valence electrons. The molecule has 0 spiro atoms. The number of nitrogens with zero attached hydrogens (tertiary/aromatic N) is 3. The van der Waals surface area contributed by atoms with Gasteiger partial charge in [-0.15, -0.1) is 0 Å². The number of hydrogen-bond donors (Lipinski definition) is 1. The number of carbonyl (C=O) groups excluding carboxylic acids is 1. The Morgan fingerprint density at radius 1 is 1.23 bits per heavy atom. The number of ether oxygens (including phenoxy) is 1. The number of aliphatic imine (C=N–C) groups is 1. The molecule has 9 nitrogen and oxygen atoms in total. The van der Waals surface area contributed by atoms with Crippen LogP contribution in [0.15, 0.2) is 52.3 Å². The van der Waals surface area contributed by atoms with Crippen LogP contribution in [-0.2, 0) is 16.0 Å². The summed E-state index contributed by atoms with van der Waals surface area (Å²) in [6, 6.07) is 10.1. The SMILES string of the molecule is COC(=O)Cc1[nH]n(-c2ccc([N+](=O)[O-])cc2)c(=O)c1C(C)=Nc1cc(Cl)ccc1Cl. The molecule has 1 N–H and O–H groups in total. The summed E-state index contributed by atoms with van der Waals surface area (Å²) in [7, 11) is 1.24. The van der Waals surface area contributed by atoms with Crippen LogP contribution in [0.5, 0.6) is 0 Å². The minimum absolute atomic E-state index is 0.119. The number of H-pyrrole nitrogens is 1. The Bertz CT molecular complexity index is 1250. The molecule has 3 rings (SSSR count). The van der Waals surface area contributed by atoms with Gasteiger partial charge in [-0.25, -0.2) is 4.68 Å². The summed E-state index contributed by atoms with van der Waals surface area (Å²) in [5.41, 5.74) is 0.818. The summed E-state index contributed by atoms with van der Waals surface area (Å²) in [5, 5.41) is 14.5. The van der Waals surface area contributed by atoms with Crippen molar-refractivity contribution >= 4 is 46.3 Å². The van der Waals surface area contributed by atoms with Crippen LogP contribution in [0.25, 0.3) is 5.69 Å². The van der Waals surface area contributed by atoms with Crippen molar-refractivity contribution in [3.05, 3.63) is 84.2 Å². The standard InChI is InChI=1S/C20H16Cl2N4O5/c1-11(23-16-9-12(21)3-8-15(16)22)19-17(10-18(27)31-2)24-25(20(19)28)13-4-6-14(7-5-13)26(29)30/h3-9,24H,10H2,1-2H3. The third-order valence-electron chi connectivity index (χ3n) is 4.39. The van der Waals surface area contributed by atoms with Crippen LogP contribution in [0.2, 0.25) is 10.0 Å². The lowest BCUT2D eigenvalue weighted by Gasteiger charge is -2.03. The van der Waals surface area contributed by atoms with Crippen LogP contribution in [0.1, 0.15) is 18.2 Å². The molecule has 31 heavy (non-hydrogen) atoms. The van der Waals surface area contributed by atoms with E-state index in [0.717, 1.165) is 0 Å². The van der Waals surface area contributed by atoms with E-state index >= 15 is 0 Å². The van der Waals surface area contributed by atoms with Crippen molar-refractivity contribution in [2.75, 3.05) is 7.11 Å². The van der Waals surface area contributed by atoms with Gasteiger partial charge in [0.15, 0.2) is 0 Å². The van der Waals surface area contributed by atoms with Gasteiger partial charge in [0, 0.05) is 17.2 Å². The molecule has 0 aliphatic rings. The second kappa shape index (κ2) is 9.15. The zero-order chi connectivity index (χ0) is 22.7. The zero-order valence-corrected chi connectivity index (χ0v) is 17.9. The maximum atomic E-state index is 13.2. The predicted octanol–water partition coefficient (Wildman–Crippen LogP) is 4.24. The molecule has 0 radical (unpaired) electrons. The number of methoxy groups -OCH3 is 1. The molecule has 0 unspecified atom stereocenters. The van der Waals surface area contributed by atoms with E-state index in [4.69, 9.17) is 27.9 Å². The Labute approximate surface area is 186 Å². The molecule has 11 heteroatoms. The molecule has 0 saturated heterocycles. The highest BCUT2D eigenvalue weighted by Gasteiger charge is 2.21. The lowest BCUT2D eigenvalue weighted by molar-refractivity contribution is -0.384. The number of aromatic amines is 1. The van der Waals surface area contributed by atoms with Crippen molar-refractivity contribution in [3.8, 4) is 5.69 Å². The molecule has 0 fully saturated rings. The van der Waals surface area contributed by atoms with Gasteiger partial charge in [0.05, 0.1) is 51.8 Å². The van der Waals surface area contributed by atoms with E-state index in [9.17, 15) is 19.7 Å². The molecule has 3 aromatic rings. The van der Waals surface area contributed by atoms with Gasteiger partial charge >= 0.3 is 5.97 Å². The average Bonchev–Trinajstić information content (AvgIpc) is 3.06. The summed E-state index contributed by atoms with van der Waals surface area (Å²) in [4.78, 5) is 39.8. The van der Waals surface area contributed by atoms with Gasteiger partial charge in [-0.2, -0.15) is 0 Å². The minimum Gasteiger partial charge on any atom is -0.469 e. The summed E-state index contributed by atoms with van der Waals surface area (Å²) in [5.74, 6) is -0.563. The van der Waals surface area contributed by atoms with Gasteiger partial charge < -0.3 is 4.74 Å².